The minimum Gasteiger partial charge on any atom is -0.496 e. The molecule has 138 valence electrons. The summed E-state index contributed by atoms with van der Waals surface area (Å²) in [6.45, 7) is 6.47. The molecule has 2 aromatic carbocycles. The molecule has 0 aromatic heterocycles. The van der Waals surface area contributed by atoms with Gasteiger partial charge in [0.25, 0.3) is 0 Å². The Morgan fingerprint density at radius 2 is 1.96 bits per heavy atom. The molecule has 0 aliphatic rings. The van der Waals surface area contributed by atoms with Crippen LogP contribution in [-0.2, 0) is 0 Å². The first kappa shape index (κ1) is 19.4. The van der Waals surface area contributed by atoms with Crippen LogP contribution in [0.5, 0.6) is 11.5 Å². The van der Waals surface area contributed by atoms with Crippen molar-refractivity contribution >= 4 is 12.1 Å². The highest BCUT2D eigenvalue weighted by Crippen LogP contribution is 2.26. The number of hydrogen-bond acceptors (Lipinski definition) is 3. The predicted molar refractivity (Wildman–Crippen MR) is 104 cm³/mol. The second-order valence-corrected chi connectivity index (χ2v) is 5.89. The van der Waals surface area contributed by atoms with Crippen molar-refractivity contribution in [3.05, 3.63) is 65.4 Å². The molecule has 0 heterocycles. The molecule has 0 aliphatic heterocycles. The maximum absolute atomic E-state index is 12.2. The molecule has 0 aliphatic carbocycles. The predicted octanol–water partition coefficient (Wildman–Crippen LogP) is 4.43. The third-order valence-corrected chi connectivity index (χ3v) is 3.90. The Labute approximate surface area is 155 Å². The number of methoxy groups -OCH3 is 1. The Bertz CT molecular complexity index is 772. The van der Waals surface area contributed by atoms with Crippen LogP contribution in [0.1, 0.15) is 36.6 Å². The van der Waals surface area contributed by atoms with Crippen molar-refractivity contribution in [1.29, 1.82) is 0 Å². The van der Waals surface area contributed by atoms with E-state index in [1.807, 2.05) is 63.2 Å². The fourth-order valence-electron chi connectivity index (χ4n) is 2.62. The molecule has 5 nitrogen and oxygen atoms in total. The third kappa shape index (κ3) is 5.28. The molecular formula is C21H26N2O3. The van der Waals surface area contributed by atoms with Crippen LogP contribution in [0.4, 0.5) is 4.79 Å². The van der Waals surface area contributed by atoms with Gasteiger partial charge < -0.3 is 20.1 Å². The largest absolute Gasteiger partial charge is 0.496 e. The van der Waals surface area contributed by atoms with Crippen LogP contribution in [0.25, 0.3) is 6.08 Å². The van der Waals surface area contributed by atoms with Crippen molar-refractivity contribution in [2.24, 2.45) is 0 Å². The highest BCUT2D eigenvalue weighted by molar-refractivity contribution is 5.76. The van der Waals surface area contributed by atoms with E-state index in [0.29, 0.717) is 6.61 Å². The van der Waals surface area contributed by atoms with Gasteiger partial charge in [-0.15, -0.1) is 0 Å². The van der Waals surface area contributed by atoms with Crippen molar-refractivity contribution in [2.75, 3.05) is 13.7 Å². The standard InChI is InChI=1S/C21H26N2O3/c1-5-26-20-11-10-15(2)14-18(20)16(3)23-21(24)22-13-12-17-8-6-7-9-19(17)25-4/h6-14,16H,5H2,1-4H3,(H2,22,23,24)/b13-12+. The molecule has 2 rings (SSSR count). The van der Waals surface area contributed by atoms with Gasteiger partial charge in [0.2, 0.25) is 0 Å². The number of nitrogens with one attached hydrogen (secondary N) is 2. The fourth-order valence-corrected chi connectivity index (χ4v) is 2.62. The highest BCUT2D eigenvalue weighted by Gasteiger charge is 2.14. The molecule has 1 unspecified atom stereocenters. The minimum atomic E-state index is -0.285. The molecule has 0 bridgehead atoms. The number of carbonyl (C=O) groups is 1. The molecule has 2 amide bonds. The number of benzene rings is 2. The summed E-state index contributed by atoms with van der Waals surface area (Å²) in [5.41, 5.74) is 2.96. The topological polar surface area (TPSA) is 59.6 Å². The van der Waals surface area contributed by atoms with Gasteiger partial charge in [0.15, 0.2) is 0 Å². The van der Waals surface area contributed by atoms with Crippen LogP contribution in [0.15, 0.2) is 48.7 Å². The van der Waals surface area contributed by atoms with Crippen LogP contribution in [0.3, 0.4) is 0 Å². The van der Waals surface area contributed by atoms with Gasteiger partial charge in [-0.1, -0.05) is 35.9 Å². The lowest BCUT2D eigenvalue weighted by molar-refractivity contribution is 0.241. The average Bonchev–Trinajstić information content (AvgIpc) is 2.63. The number of urea groups is 1. The summed E-state index contributed by atoms with van der Waals surface area (Å²) in [4.78, 5) is 12.2. The Hall–Kier alpha value is -2.95. The van der Waals surface area contributed by atoms with Crippen LogP contribution < -0.4 is 20.1 Å². The molecular weight excluding hydrogens is 328 g/mol. The van der Waals surface area contributed by atoms with Crippen LogP contribution >= 0.6 is 0 Å². The van der Waals surface area contributed by atoms with Crippen molar-refractivity contribution in [3.8, 4) is 11.5 Å². The number of amides is 2. The smallest absolute Gasteiger partial charge is 0.319 e. The minimum absolute atomic E-state index is 0.184. The molecule has 0 saturated carbocycles. The normalized spacial score (nSPS) is 11.8. The molecule has 2 N–H and O–H groups in total. The zero-order valence-corrected chi connectivity index (χ0v) is 15.7. The van der Waals surface area contributed by atoms with E-state index in [0.717, 1.165) is 28.2 Å². The summed E-state index contributed by atoms with van der Waals surface area (Å²) >= 11 is 0. The van der Waals surface area contributed by atoms with E-state index in [9.17, 15) is 4.79 Å². The maximum atomic E-state index is 12.2. The highest BCUT2D eigenvalue weighted by atomic mass is 16.5. The fraction of sp³-hybridized carbons (Fsp3) is 0.286. The summed E-state index contributed by atoms with van der Waals surface area (Å²) in [5, 5.41) is 5.65. The Morgan fingerprint density at radius 3 is 2.69 bits per heavy atom. The zero-order chi connectivity index (χ0) is 18.9. The number of para-hydroxylation sites is 1. The van der Waals surface area contributed by atoms with Gasteiger partial charge in [-0.2, -0.15) is 0 Å². The van der Waals surface area contributed by atoms with Gasteiger partial charge in [-0.3, -0.25) is 0 Å². The number of carbonyl (C=O) groups excluding carboxylic acids is 1. The molecule has 0 saturated heterocycles. The van der Waals surface area contributed by atoms with Gasteiger partial charge in [0.05, 0.1) is 19.8 Å². The van der Waals surface area contributed by atoms with E-state index in [4.69, 9.17) is 9.47 Å². The van der Waals surface area contributed by atoms with Crippen LogP contribution in [0, 0.1) is 6.92 Å². The Morgan fingerprint density at radius 1 is 1.19 bits per heavy atom. The van der Waals surface area contributed by atoms with E-state index in [1.165, 1.54) is 0 Å². The first-order chi connectivity index (χ1) is 12.5. The van der Waals surface area contributed by atoms with Crippen molar-refractivity contribution < 1.29 is 14.3 Å². The number of aryl methyl sites for hydroxylation is 1. The van der Waals surface area contributed by atoms with Crippen molar-refractivity contribution in [1.82, 2.24) is 10.6 Å². The van der Waals surface area contributed by atoms with Crippen molar-refractivity contribution in [2.45, 2.75) is 26.8 Å². The van der Waals surface area contributed by atoms with Gasteiger partial charge >= 0.3 is 6.03 Å². The van der Waals surface area contributed by atoms with Gasteiger partial charge in [0, 0.05) is 17.3 Å². The molecule has 0 fully saturated rings. The molecule has 0 spiro atoms. The van der Waals surface area contributed by atoms with E-state index in [2.05, 4.69) is 10.6 Å². The second-order valence-electron chi connectivity index (χ2n) is 5.89. The Balaban J connectivity index is 1.99. The van der Waals surface area contributed by atoms with E-state index in [1.54, 1.807) is 19.4 Å². The van der Waals surface area contributed by atoms with Crippen molar-refractivity contribution in [3.63, 3.8) is 0 Å². The maximum Gasteiger partial charge on any atom is 0.319 e. The average molecular weight is 354 g/mol. The Kier molecular flexibility index (Phi) is 7.09. The molecule has 2 aromatic rings. The summed E-state index contributed by atoms with van der Waals surface area (Å²) in [6, 6.07) is 13.1. The van der Waals surface area contributed by atoms with Gasteiger partial charge in [-0.25, -0.2) is 4.79 Å². The summed E-state index contributed by atoms with van der Waals surface area (Å²) in [7, 11) is 1.62. The van der Waals surface area contributed by atoms with Gasteiger partial charge in [-0.05, 0) is 39.0 Å². The lowest BCUT2D eigenvalue weighted by Crippen LogP contribution is -2.34. The van der Waals surface area contributed by atoms with Gasteiger partial charge in [0.1, 0.15) is 11.5 Å². The quantitative estimate of drug-likeness (QED) is 0.773. The van der Waals surface area contributed by atoms with Crippen LogP contribution in [0.2, 0.25) is 0 Å². The number of ether oxygens (including phenoxy) is 2. The molecule has 1 atom stereocenters. The zero-order valence-electron chi connectivity index (χ0n) is 15.7. The first-order valence-electron chi connectivity index (χ1n) is 8.65. The van der Waals surface area contributed by atoms with E-state index < -0.39 is 0 Å². The number of rotatable bonds is 7. The summed E-state index contributed by atoms with van der Waals surface area (Å²) < 4.78 is 10.9. The molecule has 5 heteroatoms. The summed E-state index contributed by atoms with van der Waals surface area (Å²) in [5.74, 6) is 1.54. The summed E-state index contributed by atoms with van der Waals surface area (Å²) in [6.07, 6.45) is 3.39. The SMILES string of the molecule is CCOc1ccc(C)cc1C(C)NC(=O)N/C=C/c1ccccc1OC. The second kappa shape index (κ2) is 9.51. The lowest BCUT2D eigenvalue weighted by atomic mass is 10.0. The number of hydrogen-bond donors (Lipinski definition) is 2. The van der Waals surface area contributed by atoms with Crippen LogP contribution in [-0.4, -0.2) is 19.7 Å². The molecule has 26 heavy (non-hydrogen) atoms. The lowest BCUT2D eigenvalue weighted by Gasteiger charge is -2.18. The molecule has 0 radical (unpaired) electrons. The monoisotopic (exact) mass is 354 g/mol. The van der Waals surface area contributed by atoms with E-state index >= 15 is 0 Å². The first-order valence-corrected chi connectivity index (χ1v) is 8.65. The third-order valence-electron chi connectivity index (χ3n) is 3.90. The van der Waals surface area contributed by atoms with E-state index in [-0.39, 0.29) is 12.1 Å².